The third-order valence-electron chi connectivity index (χ3n) is 6.06. The van der Waals surface area contributed by atoms with Gasteiger partial charge in [-0.25, -0.2) is 9.37 Å². The predicted molar refractivity (Wildman–Crippen MR) is 137 cm³/mol. The Morgan fingerprint density at radius 2 is 1.80 bits per heavy atom. The molecule has 3 aromatic carbocycles. The molecular formula is C27H27FN6O. The first kappa shape index (κ1) is 22.7. The molecule has 1 fully saturated rings. The van der Waals surface area contributed by atoms with Crippen molar-refractivity contribution in [2.24, 2.45) is 0 Å². The fraction of sp³-hybridized carbons (Fsp3) is 0.222. The molecule has 1 aliphatic rings. The number of aromatic nitrogens is 2. The summed E-state index contributed by atoms with van der Waals surface area (Å²) < 4.78 is 13.2. The number of amides is 1. The number of halogens is 1. The molecule has 0 aliphatic carbocycles. The van der Waals surface area contributed by atoms with Gasteiger partial charge in [-0.2, -0.15) is 4.98 Å². The molecule has 0 atom stereocenters. The molecule has 2 heterocycles. The van der Waals surface area contributed by atoms with Crippen LogP contribution in [-0.2, 0) is 6.54 Å². The fourth-order valence-corrected chi connectivity index (χ4v) is 4.14. The molecule has 178 valence electrons. The highest BCUT2D eigenvalue weighted by Crippen LogP contribution is 2.26. The van der Waals surface area contributed by atoms with Crippen LogP contribution < -0.4 is 20.9 Å². The van der Waals surface area contributed by atoms with Crippen LogP contribution in [0.5, 0.6) is 0 Å². The van der Waals surface area contributed by atoms with Crippen molar-refractivity contribution in [3.63, 3.8) is 0 Å². The monoisotopic (exact) mass is 470 g/mol. The van der Waals surface area contributed by atoms with Gasteiger partial charge in [0.25, 0.3) is 5.91 Å². The van der Waals surface area contributed by atoms with Crippen molar-refractivity contribution in [2.45, 2.75) is 13.5 Å². The molecule has 1 aromatic heterocycles. The molecule has 1 saturated heterocycles. The van der Waals surface area contributed by atoms with Gasteiger partial charge >= 0.3 is 0 Å². The summed E-state index contributed by atoms with van der Waals surface area (Å²) in [5.74, 6) is 0.801. The highest BCUT2D eigenvalue weighted by molar-refractivity contribution is 6.04. The van der Waals surface area contributed by atoms with Crippen molar-refractivity contribution in [2.75, 3.05) is 41.7 Å². The maximum absolute atomic E-state index is 13.2. The zero-order chi connectivity index (χ0) is 24.2. The number of piperazine rings is 1. The van der Waals surface area contributed by atoms with Gasteiger partial charge in [-0.15, -0.1) is 0 Å². The van der Waals surface area contributed by atoms with E-state index in [2.05, 4.69) is 33.0 Å². The summed E-state index contributed by atoms with van der Waals surface area (Å²) in [5.41, 5.74) is 4.01. The third kappa shape index (κ3) is 5.22. The quantitative estimate of drug-likeness (QED) is 0.389. The van der Waals surface area contributed by atoms with E-state index in [9.17, 15) is 9.18 Å². The number of benzene rings is 3. The number of aryl methyl sites for hydroxylation is 1. The van der Waals surface area contributed by atoms with E-state index >= 15 is 0 Å². The van der Waals surface area contributed by atoms with Crippen molar-refractivity contribution in [1.29, 1.82) is 0 Å². The Kier molecular flexibility index (Phi) is 6.54. The third-order valence-corrected chi connectivity index (χ3v) is 6.06. The number of hydrogen-bond acceptors (Lipinski definition) is 6. The lowest BCUT2D eigenvalue weighted by Gasteiger charge is -2.28. The summed E-state index contributed by atoms with van der Waals surface area (Å²) in [6.45, 7) is 6.02. The minimum absolute atomic E-state index is 0.290. The Balaban J connectivity index is 1.40. The van der Waals surface area contributed by atoms with Gasteiger partial charge in [0.05, 0.1) is 5.52 Å². The van der Waals surface area contributed by atoms with E-state index in [4.69, 9.17) is 9.97 Å². The van der Waals surface area contributed by atoms with Gasteiger partial charge in [0.15, 0.2) is 0 Å². The van der Waals surface area contributed by atoms with Gasteiger partial charge in [0.2, 0.25) is 5.95 Å². The predicted octanol–water partition coefficient (Wildman–Crippen LogP) is 4.35. The van der Waals surface area contributed by atoms with Gasteiger partial charge in [-0.3, -0.25) is 4.79 Å². The summed E-state index contributed by atoms with van der Waals surface area (Å²) in [6.07, 6.45) is 0. The Labute approximate surface area is 203 Å². The zero-order valence-electron chi connectivity index (χ0n) is 19.5. The molecule has 0 unspecified atom stereocenters. The number of hydrogen-bond donors (Lipinski definition) is 3. The van der Waals surface area contributed by atoms with Gasteiger partial charge in [-0.1, -0.05) is 29.8 Å². The molecule has 4 aromatic rings. The number of carbonyl (C=O) groups is 1. The first-order valence-electron chi connectivity index (χ1n) is 11.7. The van der Waals surface area contributed by atoms with Crippen molar-refractivity contribution < 1.29 is 9.18 Å². The molecule has 3 N–H and O–H groups in total. The lowest BCUT2D eigenvalue weighted by Crippen LogP contribution is -2.44. The van der Waals surface area contributed by atoms with E-state index in [-0.39, 0.29) is 11.7 Å². The lowest BCUT2D eigenvalue weighted by molar-refractivity contribution is 0.102. The number of rotatable bonds is 6. The summed E-state index contributed by atoms with van der Waals surface area (Å²) in [4.78, 5) is 24.6. The molecule has 35 heavy (non-hydrogen) atoms. The Morgan fingerprint density at radius 1 is 1.03 bits per heavy atom. The van der Waals surface area contributed by atoms with Gasteiger partial charge < -0.3 is 20.9 Å². The van der Waals surface area contributed by atoms with Crippen LogP contribution in [0.15, 0.2) is 66.7 Å². The van der Waals surface area contributed by atoms with Gasteiger partial charge in [0, 0.05) is 49.4 Å². The fourth-order valence-electron chi connectivity index (χ4n) is 4.14. The Hall–Kier alpha value is -4.04. The number of carbonyl (C=O) groups excluding carboxylic acids is 1. The number of fused-ring (bicyclic) bond motifs is 1. The number of nitrogens with one attached hydrogen (secondary N) is 3. The smallest absolute Gasteiger partial charge is 0.255 e. The van der Waals surface area contributed by atoms with Gasteiger partial charge in [-0.05, 0) is 55.0 Å². The second-order valence-corrected chi connectivity index (χ2v) is 8.60. The highest BCUT2D eigenvalue weighted by atomic mass is 19.1. The minimum atomic E-state index is -0.376. The summed E-state index contributed by atoms with van der Waals surface area (Å²) in [7, 11) is 0. The Bertz CT molecular complexity index is 1350. The molecule has 0 bridgehead atoms. The van der Waals surface area contributed by atoms with Gasteiger partial charge in [0.1, 0.15) is 11.6 Å². The van der Waals surface area contributed by atoms with Crippen molar-refractivity contribution in [3.05, 3.63) is 89.2 Å². The molecule has 0 spiro atoms. The zero-order valence-corrected chi connectivity index (χ0v) is 19.5. The molecule has 5 rings (SSSR count). The maximum Gasteiger partial charge on any atom is 0.255 e. The lowest BCUT2D eigenvalue weighted by atomic mass is 10.1. The molecular weight excluding hydrogens is 443 g/mol. The first-order chi connectivity index (χ1) is 17.1. The molecule has 8 heteroatoms. The van der Waals surface area contributed by atoms with E-state index in [1.807, 2.05) is 37.3 Å². The number of nitrogens with zero attached hydrogens (tertiary/aromatic N) is 3. The van der Waals surface area contributed by atoms with Crippen molar-refractivity contribution in [3.8, 4) is 0 Å². The van der Waals surface area contributed by atoms with Crippen LogP contribution in [0.1, 0.15) is 21.5 Å². The first-order valence-corrected chi connectivity index (χ1v) is 11.7. The van der Waals surface area contributed by atoms with Crippen LogP contribution in [0.2, 0.25) is 0 Å². The summed E-state index contributed by atoms with van der Waals surface area (Å²) >= 11 is 0. The van der Waals surface area contributed by atoms with Crippen molar-refractivity contribution in [1.82, 2.24) is 15.3 Å². The normalized spacial score (nSPS) is 13.6. The van der Waals surface area contributed by atoms with E-state index < -0.39 is 0 Å². The maximum atomic E-state index is 13.2. The Morgan fingerprint density at radius 3 is 2.60 bits per heavy atom. The van der Waals surface area contributed by atoms with Crippen LogP contribution in [-0.4, -0.2) is 42.1 Å². The van der Waals surface area contributed by atoms with E-state index in [0.717, 1.165) is 54.0 Å². The van der Waals surface area contributed by atoms with E-state index in [1.54, 1.807) is 0 Å². The van der Waals surface area contributed by atoms with E-state index in [1.165, 1.54) is 24.3 Å². The molecule has 7 nitrogen and oxygen atoms in total. The number of para-hydroxylation sites is 1. The van der Waals surface area contributed by atoms with Crippen LogP contribution >= 0.6 is 0 Å². The standard InChI is InChI=1S/C27H27FN6O/c1-18-6-11-24-22(16-18)25(33-27(32-24)34-14-12-29-13-15-34)30-17-20-4-2-3-5-23(20)31-26(35)19-7-9-21(28)10-8-19/h2-11,16,29H,12-15,17H2,1H3,(H,31,35)(H,30,32,33). The summed E-state index contributed by atoms with van der Waals surface area (Å²) in [6, 6.07) is 19.3. The second kappa shape index (κ2) is 10.1. The average molecular weight is 471 g/mol. The highest BCUT2D eigenvalue weighted by Gasteiger charge is 2.17. The molecule has 0 radical (unpaired) electrons. The molecule has 1 aliphatic heterocycles. The van der Waals surface area contributed by atoms with Crippen LogP contribution in [0.4, 0.5) is 21.8 Å². The second-order valence-electron chi connectivity index (χ2n) is 8.60. The largest absolute Gasteiger partial charge is 0.365 e. The van der Waals surface area contributed by atoms with Crippen LogP contribution in [0, 0.1) is 12.7 Å². The topological polar surface area (TPSA) is 82.2 Å². The average Bonchev–Trinajstić information content (AvgIpc) is 2.89. The number of anilines is 3. The molecule has 1 amide bonds. The molecule has 0 saturated carbocycles. The SMILES string of the molecule is Cc1ccc2nc(N3CCNCC3)nc(NCc3ccccc3NC(=O)c3ccc(F)cc3)c2c1. The minimum Gasteiger partial charge on any atom is -0.365 e. The van der Waals surface area contributed by atoms with Crippen LogP contribution in [0.3, 0.4) is 0 Å². The van der Waals surface area contributed by atoms with E-state index in [0.29, 0.717) is 23.7 Å². The summed E-state index contributed by atoms with van der Waals surface area (Å²) in [5, 5.41) is 10.7. The van der Waals surface area contributed by atoms with Crippen molar-refractivity contribution >= 4 is 34.3 Å². The van der Waals surface area contributed by atoms with Crippen LogP contribution in [0.25, 0.3) is 10.9 Å².